The molecule has 0 aliphatic heterocycles. The van der Waals surface area contributed by atoms with Crippen LogP contribution in [0.15, 0.2) is 30.3 Å². The molecule has 0 fully saturated rings. The van der Waals surface area contributed by atoms with Crippen LogP contribution < -0.4 is 0 Å². The Hall–Kier alpha value is -1.35. The lowest BCUT2D eigenvalue weighted by molar-refractivity contribution is -0.140. The van der Waals surface area contributed by atoms with Crippen LogP contribution in [0.4, 0.5) is 0 Å². The molecule has 0 amide bonds. The van der Waals surface area contributed by atoms with Crippen LogP contribution >= 0.6 is 0 Å². The van der Waals surface area contributed by atoms with Gasteiger partial charge >= 0.3 is 5.97 Å². The van der Waals surface area contributed by atoms with Gasteiger partial charge in [0.05, 0.1) is 6.61 Å². The third kappa shape index (κ3) is 5.51. The van der Waals surface area contributed by atoms with Crippen molar-refractivity contribution in [1.29, 1.82) is 0 Å². The summed E-state index contributed by atoms with van der Waals surface area (Å²) in [7, 11) is 0. The molecule has 0 atom stereocenters. The summed E-state index contributed by atoms with van der Waals surface area (Å²) in [6.07, 6.45) is 1.10. The topological polar surface area (TPSA) is 35.5 Å². The Bertz CT molecular complexity index is 295. The fourth-order valence-corrected chi connectivity index (χ4v) is 1.27. The molecule has 3 nitrogen and oxygen atoms in total. The third-order valence-electron chi connectivity index (χ3n) is 2.03. The maximum Gasteiger partial charge on any atom is 0.306 e. The molecule has 1 aromatic rings. The molecular weight excluding hydrogens is 204 g/mol. The highest BCUT2D eigenvalue weighted by molar-refractivity contribution is 5.69. The first kappa shape index (κ1) is 12.7. The van der Waals surface area contributed by atoms with Crippen molar-refractivity contribution in [2.45, 2.75) is 26.4 Å². The summed E-state index contributed by atoms with van der Waals surface area (Å²) in [6.45, 7) is 4.25. The summed E-state index contributed by atoms with van der Waals surface area (Å²) in [5, 5.41) is 0. The Labute approximate surface area is 96.4 Å². The minimum atomic E-state index is -0.203. The molecule has 0 heterocycles. The number of esters is 1. The molecule has 3 heteroatoms. The van der Waals surface area contributed by atoms with Gasteiger partial charge < -0.3 is 9.47 Å². The first-order valence-corrected chi connectivity index (χ1v) is 5.42. The van der Waals surface area contributed by atoms with Gasteiger partial charge in [-0.2, -0.15) is 0 Å². The Morgan fingerprint density at radius 3 is 2.75 bits per heavy atom. The van der Waals surface area contributed by atoms with Crippen molar-refractivity contribution in [1.82, 2.24) is 0 Å². The Balaban J connectivity index is 2.02. The summed E-state index contributed by atoms with van der Waals surface area (Å²) in [4.78, 5) is 11.0. The van der Waals surface area contributed by atoms with Gasteiger partial charge in [-0.3, -0.25) is 4.79 Å². The van der Waals surface area contributed by atoms with E-state index in [1.807, 2.05) is 30.3 Å². The van der Waals surface area contributed by atoms with E-state index in [1.165, 1.54) is 6.61 Å². The van der Waals surface area contributed by atoms with Crippen LogP contribution in [0.3, 0.4) is 0 Å². The average molecular weight is 221 g/mol. The highest BCUT2D eigenvalue weighted by Gasteiger charge is 2.00. The molecule has 0 aliphatic carbocycles. The van der Waals surface area contributed by atoms with E-state index in [1.54, 1.807) is 6.92 Å². The van der Waals surface area contributed by atoms with Gasteiger partial charge in [-0.15, -0.1) is 0 Å². The second kappa shape index (κ2) is 7.88. The first-order chi connectivity index (χ1) is 7.83. The molecule has 0 bridgehead atoms. The van der Waals surface area contributed by atoms with Crippen LogP contribution in [0, 0.1) is 6.61 Å². The zero-order chi connectivity index (χ0) is 11.6. The lowest BCUT2D eigenvalue weighted by Crippen LogP contribution is -2.03. The van der Waals surface area contributed by atoms with E-state index < -0.39 is 0 Å². The van der Waals surface area contributed by atoms with Crippen LogP contribution in [0.25, 0.3) is 0 Å². The summed E-state index contributed by atoms with van der Waals surface area (Å²) in [6, 6.07) is 9.96. The number of ether oxygens (including phenoxy) is 2. The Morgan fingerprint density at radius 2 is 2.06 bits per heavy atom. The van der Waals surface area contributed by atoms with E-state index in [0.717, 1.165) is 5.56 Å². The van der Waals surface area contributed by atoms with Crippen LogP contribution in [-0.4, -0.2) is 12.6 Å². The van der Waals surface area contributed by atoms with Crippen molar-refractivity contribution < 1.29 is 14.3 Å². The van der Waals surface area contributed by atoms with Gasteiger partial charge in [-0.1, -0.05) is 30.3 Å². The standard InChI is InChI=1S/C13H17O3/c1-2-16-13(14)9-6-10-15-11-12-7-4-3-5-8-12/h2-5,7-8H,6,9-11H2,1H3. The van der Waals surface area contributed by atoms with E-state index in [4.69, 9.17) is 4.74 Å². The smallest absolute Gasteiger partial charge is 0.306 e. The lowest BCUT2D eigenvalue weighted by atomic mass is 10.2. The fourth-order valence-electron chi connectivity index (χ4n) is 1.27. The number of rotatable bonds is 7. The molecule has 0 N–H and O–H groups in total. The summed E-state index contributed by atoms with van der Waals surface area (Å²) in [5.41, 5.74) is 1.15. The molecule has 0 aromatic heterocycles. The van der Waals surface area contributed by atoms with Gasteiger partial charge in [-0.25, -0.2) is 0 Å². The molecule has 0 spiro atoms. The van der Waals surface area contributed by atoms with Crippen molar-refractivity contribution in [3.8, 4) is 0 Å². The van der Waals surface area contributed by atoms with Crippen molar-refractivity contribution in [2.24, 2.45) is 0 Å². The number of hydrogen-bond donors (Lipinski definition) is 0. The summed E-state index contributed by atoms with van der Waals surface area (Å²) in [5.74, 6) is -0.203. The highest BCUT2D eigenvalue weighted by Crippen LogP contribution is 2.02. The van der Waals surface area contributed by atoms with Crippen LogP contribution in [-0.2, 0) is 20.9 Å². The Morgan fingerprint density at radius 1 is 1.31 bits per heavy atom. The van der Waals surface area contributed by atoms with Gasteiger partial charge in [0.15, 0.2) is 0 Å². The largest absolute Gasteiger partial charge is 0.459 e. The van der Waals surface area contributed by atoms with E-state index in [0.29, 0.717) is 26.1 Å². The number of carbonyl (C=O) groups is 1. The monoisotopic (exact) mass is 221 g/mol. The van der Waals surface area contributed by atoms with E-state index in [-0.39, 0.29) is 5.97 Å². The zero-order valence-electron chi connectivity index (χ0n) is 9.52. The van der Waals surface area contributed by atoms with Gasteiger partial charge in [0.1, 0.15) is 6.61 Å². The van der Waals surface area contributed by atoms with E-state index in [9.17, 15) is 4.79 Å². The maximum atomic E-state index is 11.0. The lowest BCUT2D eigenvalue weighted by Gasteiger charge is -2.04. The van der Waals surface area contributed by atoms with Crippen LogP contribution in [0.2, 0.25) is 0 Å². The molecule has 0 saturated heterocycles. The molecule has 0 aliphatic rings. The summed E-state index contributed by atoms with van der Waals surface area (Å²) < 4.78 is 10.1. The van der Waals surface area contributed by atoms with Crippen molar-refractivity contribution in [2.75, 3.05) is 6.61 Å². The molecule has 1 rings (SSSR count). The third-order valence-corrected chi connectivity index (χ3v) is 2.03. The SMILES string of the molecule is C[CH]OC(=O)CCCOCc1ccccc1. The minimum Gasteiger partial charge on any atom is -0.459 e. The normalized spacial score (nSPS) is 10.1. The second-order valence-corrected chi connectivity index (χ2v) is 3.37. The van der Waals surface area contributed by atoms with E-state index >= 15 is 0 Å². The zero-order valence-corrected chi connectivity index (χ0v) is 9.52. The van der Waals surface area contributed by atoms with Gasteiger partial charge in [0, 0.05) is 13.0 Å². The molecule has 0 saturated carbocycles. The van der Waals surface area contributed by atoms with Gasteiger partial charge in [-0.05, 0) is 18.9 Å². The highest BCUT2D eigenvalue weighted by atomic mass is 16.5. The quantitative estimate of drug-likeness (QED) is 0.524. The summed E-state index contributed by atoms with van der Waals surface area (Å²) >= 11 is 0. The molecular formula is C13H17O3. The number of benzene rings is 1. The molecule has 1 aromatic carbocycles. The van der Waals surface area contributed by atoms with Gasteiger partial charge in [0.2, 0.25) is 0 Å². The predicted octanol–water partition coefficient (Wildman–Crippen LogP) is 2.71. The molecule has 1 radical (unpaired) electrons. The second-order valence-electron chi connectivity index (χ2n) is 3.37. The minimum absolute atomic E-state index is 0.203. The Kier molecular flexibility index (Phi) is 6.26. The average Bonchev–Trinajstić information content (AvgIpc) is 2.30. The van der Waals surface area contributed by atoms with E-state index in [2.05, 4.69) is 4.74 Å². The van der Waals surface area contributed by atoms with Crippen LogP contribution in [0.1, 0.15) is 25.3 Å². The van der Waals surface area contributed by atoms with Crippen molar-refractivity contribution in [3.63, 3.8) is 0 Å². The van der Waals surface area contributed by atoms with Crippen molar-refractivity contribution in [3.05, 3.63) is 42.5 Å². The molecule has 0 unspecified atom stereocenters. The number of hydrogen-bond acceptors (Lipinski definition) is 3. The number of carbonyl (C=O) groups excluding carboxylic acids is 1. The van der Waals surface area contributed by atoms with Gasteiger partial charge in [0.25, 0.3) is 0 Å². The fraction of sp³-hybridized carbons (Fsp3) is 0.385. The van der Waals surface area contributed by atoms with Crippen LogP contribution in [0.5, 0.6) is 0 Å². The maximum absolute atomic E-state index is 11.0. The van der Waals surface area contributed by atoms with Crippen molar-refractivity contribution >= 4 is 5.97 Å². The predicted molar refractivity (Wildman–Crippen MR) is 61.4 cm³/mol. The molecule has 16 heavy (non-hydrogen) atoms. The first-order valence-electron chi connectivity index (χ1n) is 5.42. The molecule has 87 valence electrons.